The zero-order chi connectivity index (χ0) is 32.4. The highest BCUT2D eigenvalue weighted by atomic mass is 16.4. The average molecular weight is 623 g/mol. The maximum absolute atomic E-state index is 12.3. The van der Waals surface area contributed by atoms with Gasteiger partial charge in [0.1, 0.15) is 0 Å². The molecular weight excluding hydrogens is 544 g/mol. The van der Waals surface area contributed by atoms with E-state index in [-0.39, 0.29) is 6.42 Å². The Labute approximate surface area is 275 Å². The molecule has 4 nitrogen and oxygen atoms in total. The molecule has 0 aliphatic heterocycles. The third-order valence-corrected chi connectivity index (χ3v) is 9.96. The van der Waals surface area contributed by atoms with Gasteiger partial charge in [-0.3, -0.25) is 9.59 Å². The fraction of sp³-hybridized carbons (Fsp3) is 0.950. The minimum Gasteiger partial charge on any atom is -0.481 e. The van der Waals surface area contributed by atoms with Gasteiger partial charge < -0.3 is 10.2 Å². The molecule has 0 saturated heterocycles. The molecule has 0 heterocycles. The first kappa shape index (κ1) is 42.9. The van der Waals surface area contributed by atoms with Crippen LogP contribution in [0.1, 0.15) is 239 Å². The van der Waals surface area contributed by atoms with E-state index < -0.39 is 17.4 Å². The molecule has 0 spiro atoms. The first-order chi connectivity index (χ1) is 21.5. The minimum atomic E-state index is -1.09. The van der Waals surface area contributed by atoms with Crippen molar-refractivity contribution in [2.24, 2.45) is 5.41 Å². The van der Waals surface area contributed by atoms with Crippen molar-refractivity contribution in [1.29, 1.82) is 0 Å². The maximum Gasteiger partial charge on any atom is 0.310 e. The van der Waals surface area contributed by atoms with E-state index in [0.29, 0.717) is 12.8 Å². The van der Waals surface area contributed by atoms with Gasteiger partial charge in [-0.25, -0.2) is 0 Å². The van der Waals surface area contributed by atoms with Gasteiger partial charge in [0.2, 0.25) is 0 Å². The van der Waals surface area contributed by atoms with E-state index >= 15 is 0 Å². The number of aliphatic carboxylic acids is 2. The molecule has 0 bridgehead atoms. The van der Waals surface area contributed by atoms with Crippen molar-refractivity contribution in [3.8, 4) is 0 Å². The van der Waals surface area contributed by atoms with Crippen LogP contribution in [0.4, 0.5) is 0 Å². The number of carbonyl (C=O) groups is 2. The fourth-order valence-electron chi connectivity index (χ4n) is 6.90. The molecule has 0 saturated carbocycles. The molecule has 0 aliphatic rings. The van der Waals surface area contributed by atoms with E-state index in [4.69, 9.17) is 0 Å². The van der Waals surface area contributed by atoms with Crippen LogP contribution in [-0.4, -0.2) is 22.2 Å². The second kappa shape index (κ2) is 33.3. The van der Waals surface area contributed by atoms with Crippen LogP contribution in [0, 0.1) is 5.41 Å². The van der Waals surface area contributed by atoms with E-state index in [0.717, 1.165) is 38.5 Å². The third-order valence-electron chi connectivity index (χ3n) is 9.96. The van der Waals surface area contributed by atoms with Gasteiger partial charge in [-0.1, -0.05) is 219 Å². The molecule has 2 N–H and O–H groups in total. The molecular formula is C40H78O4. The lowest BCUT2D eigenvalue weighted by molar-refractivity contribution is -0.157. The standard InChI is InChI=1S/C40H78O4/c1-3-5-7-9-11-13-15-17-19-21-23-25-27-29-31-33-35-40(39(43)44,37-38(41)42)36-34-32-30-28-26-24-22-20-18-16-14-12-10-8-6-4-2/h3-37H2,1-2H3,(H,41,42)(H,43,44). The van der Waals surface area contributed by atoms with Gasteiger partial charge in [0.15, 0.2) is 0 Å². The predicted molar refractivity (Wildman–Crippen MR) is 191 cm³/mol. The third kappa shape index (κ3) is 28.4. The lowest BCUT2D eigenvalue weighted by Gasteiger charge is -2.28. The second-order valence-corrected chi connectivity index (χ2v) is 14.3. The van der Waals surface area contributed by atoms with Crippen LogP contribution in [0.15, 0.2) is 0 Å². The predicted octanol–water partition coefficient (Wildman–Crippen LogP) is 13.8. The summed E-state index contributed by atoms with van der Waals surface area (Å²) in [5.41, 5.74) is -1.09. The number of carboxylic acid groups (broad SMARTS) is 2. The summed E-state index contributed by atoms with van der Waals surface area (Å²) < 4.78 is 0. The summed E-state index contributed by atoms with van der Waals surface area (Å²) in [6.07, 6.45) is 42.1. The molecule has 0 rings (SSSR count). The summed E-state index contributed by atoms with van der Waals surface area (Å²) >= 11 is 0. The summed E-state index contributed by atoms with van der Waals surface area (Å²) in [6.45, 7) is 4.55. The first-order valence-corrected chi connectivity index (χ1v) is 19.9. The number of carboxylic acids is 2. The van der Waals surface area contributed by atoms with Gasteiger partial charge in [0.25, 0.3) is 0 Å². The van der Waals surface area contributed by atoms with Crippen LogP contribution in [0.3, 0.4) is 0 Å². The summed E-state index contributed by atoms with van der Waals surface area (Å²) in [4.78, 5) is 23.9. The van der Waals surface area contributed by atoms with Crippen LogP contribution in [0.5, 0.6) is 0 Å². The van der Waals surface area contributed by atoms with Gasteiger partial charge in [-0.15, -0.1) is 0 Å². The fourth-order valence-corrected chi connectivity index (χ4v) is 6.90. The molecule has 0 fully saturated rings. The van der Waals surface area contributed by atoms with Crippen LogP contribution in [0.2, 0.25) is 0 Å². The topological polar surface area (TPSA) is 74.6 Å². The molecule has 44 heavy (non-hydrogen) atoms. The molecule has 0 atom stereocenters. The molecule has 0 aromatic carbocycles. The van der Waals surface area contributed by atoms with Crippen LogP contribution in [-0.2, 0) is 9.59 Å². The summed E-state index contributed by atoms with van der Waals surface area (Å²) in [5.74, 6) is -1.87. The molecule has 0 aromatic rings. The Kier molecular flexibility index (Phi) is 32.5. The maximum atomic E-state index is 12.3. The van der Waals surface area contributed by atoms with Gasteiger partial charge in [-0.2, -0.15) is 0 Å². The van der Waals surface area contributed by atoms with Gasteiger partial charge >= 0.3 is 11.9 Å². The molecule has 0 amide bonds. The van der Waals surface area contributed by atoms with Crippen LogP contribution >= 0.6 is 0 Å². The highest BCUT2D eigenvalue weighted by Crippen LogP contribution is 2.36. The van der Waals surface area contributed by atoms with Crippen molar-refractivity contribution in [2.45, 2.75) is 239 Å². The lowest BCUT2D eigenvalue weighted by atomic mass is 9.75. The zero-order valence-electron chi connectivity index (χ0n) is 30.0. The number of hydrogen-bond acceptors (Lipinski definition) is 2. The molecule has 0 aliphatic carbocycles. The smallest absolute Gasteiger partial charge is 0.310 e. The van der Waals surface area contributed by atoms with Crippen molar-refractivity contribution < 1.29 is 19.8 Å². The second-order valence-electron chi connectivity index (χ2n) is 14.3. The largest absolute Gasteiger partial charge is 0.481 e. The number of unbranched alkanes of at least 4 members (excludes halogenated alkanes) is 30. The monoisotopic (exact) mass is 623 g/mol. The molecule has 0 radical (unpaired) electrons. The van der Waals surface area contributed by atoms with Crippen molar-refractivity contribution in [3.63, 3.8) is 0 Å². The molecule has 0 aromatic heterocycles. The molecule has 0 unspecified atom stereocenters. The van der Waals surface area contributed by atoms with E-state index in [2.05, 4.69) is 13.8 Å². The first-order valence-electron chi connectivity index (χ1n) is 19.9. The van der Waals surface area contributed by atoms with Gasteiger partial charge in [-0.05, 0) is 12.8 Å². The van der Waals surface area contributed by atoms with E-state index in [1.807, 2.05) is 0 Å². The normalized spacial score (nSPS) is 11.8. The molecule has 262 valence electrons. The van der Waals surface area contributed by atoms with Crippen molar-refractivity contribution in [2.75, 3.05) is 0 Å². The Morgan fingerprint density at radius 3 is 0.750 bits per heavy atom. The Hall–Kier alpha value is -1.06. The summed E-state index contributed by atoms with van der Waals surface area (Å²) in [6, 6.07) is 0. The average Bonchev–Trinajstić information content (AvgIpc) is 3.00. The Morgan fingerprint density at radius 1 is 0.364 bits per heavy atom. The highest BCUT2D eigenvalue weighted by Gasteiger charge is 2.39. The highest BCUT2D eigenvalue weighted by molar-refractivity contribution is 5.81. The zero-order valence-corrected chi connectivity index (χ0v) is 30.0. The van der Waals surface area contributed by atoms with Crippen molar-refractivity contribution in [3.05, 3.63) is 0 Å². The quantitative estimate of drug-likeness (QED) is 0.0676. The summed E-state index contributed by atoms with van der Waals surface area (Å²) in [5, 5.41) is 19.6. The van der Waals surface area contributed by atoms with Crippen molar-refractivity contribution >= 4 is 11.9 Å². The van der Waals surface area contributed by atoms with E-state index in [1.165, 1.54) is 167 Å². The Bertz CT molecular complexity index is 580. The Morgan fingerprint density at radius 2 is 0.568 bits per heavy atom. The van der Waals surface area contributed by atoms with Gasteiger partial charge in [0.05, 0.1) is 11.8 Å². The van der Waals surface area contributed by atoms with Gasteiger partial charge in [0, 0.05) is 0 Å². The van der Waals surface area contributed by atoms with Crippen molar-refractivity contribution in [1.82, 2.24) is 0 Å². The van der Waals surface area contributed by atoms with E-state index in [1.54, 1.807) is 0 Å². The number of hydrogen-bond donors (Lipinski definition) is 2. The van der Waals surface area contributed by atoms with Crippen LogP contribution < -0.4 is 0 Å². The SMILES string of the molecule is CCCCCCCCCCCCCCCCCCC(CCCCCCCCCCCCCCCCCC)(CC(=O)O)C(=O)O. The van der Waals surface area contributed by atoms with E-state index in [9.17, 15) is 19.8 Å². The van der Waals surface area contributed by atoms with Crippen LogP contribution in [0.25, 0.3) is 0 Å². The summed E-state index contributed by atoms with van der Waals surface area (Å²) in [7, 11) is 0. The Balaban J connectivity index is 3.87. The lowest BCUT2D eigenvalue weighted by Crippen LogP contribution is -2.33. The number of rotatable bonds is 37. The molecule has 4 heteroatoms. The minimum absolute atomic E-state index is 0.236.